The Labute approximate surface area is 122 Å². The summed E-state index contributed by atoms with van der Waals surface area (Å²) in [6.07, 6.45) is 0. The van der Waals surface area contributed by atoms with Gasteiger partial charge in [0, 0.05) is 17.3 Å². The summed E-state index contributed by atoms with van der Waals surface area (Å²) < 4.78 is 6.48. The Morgan fingerprint density at radius 2 is 2.05 bits per heavy atom. The fraction of sp³-hybridized carbons (Fsp3) is 0.500. The molecule has 4 nitrogen and oxygen atoms in total. The lowest BCUT2D eigenvalue weighted by Crippen LogP contribution is -2.58. The number of nitrogens with two attached hydrogens (primary N) is 1. The van der Waals surface area contributed by atoms with Crippen molar-refractivity contribution in [2.45, 2.75) is 19.4 Å². The van der Waals surface area contributed by atoms with Gasteiger partial charge < -0.3 is 15.4 Å². The molecule has 0 bridgehead atoms. The van der Waals surface area contributed by atoms with Crippen LogP contribution in [-0.2, 0) is 4.74 Å². The van der Waals surface area contributed by atoms with Crippen molar-refractivity contribution in [2.24, 2.45) is 16.6 Å². The van der Waals surface area contributed by atoms with Gasteiger partial charge in [0.2, 0.25) is 0 Å². The largest absolute Gasteiger partial charge is 0.382 e. The molecule has 19 heavy (non-hydrogen) atoms. The Hall–Kier alpha value is -1.07. The van der Waals surface area contributed by atoms with E-state index in [-0.39, 0.29) is 5.54 Å². The quantitative estimate of drug-likeness (QED) is 0.925. The van der Waals surface area contributed by atoms with Crippen molar-refractivity contribution in [2.75, 3.05) is 25.2 Å². The maximum Gasteiger partial charge on any atom is 0.196 e. The van der Waals surface area contributed by atoms with Crippen molar-refractivity contribution in [3.05, 3.63) is 28.7 Å². The molecule has 1 aromatic rings. The van der Waals surface area contributed by atoms with Crippen LogP contribution in [0.2, 0.25) is 0 Å². The lowest BCUT2D eigenvalue weighted by Gasteiger charge is -2.42. The first-order valence-corrected chi connectivity index (χ1v) is 7.15. The number of ether oxygens (including phenoxy) is 1. The molecular formula is C14H20BrN3O. The van der Waals surface area contributed by atoms with E-state index >= 15 is 0 Å². The summed E-state index contributed by atoms with van der Waals surface area (Å²) in [7, 11) is 1.72. The zero-order valence-corrected chi connectivity index (χ0v) is 13.1. The molecule has 0 fully saturated rings. The van der Waals surface area contributed by atoms with Gasteiger partial charge in [0.05, 0.1) is 18.7 Å². The number of hydrogen-bond acceptors (Lipinski definition) is 4. The van der Waals surface area contributed by atoms with Crippen LogP contribution < -0.4 is 10.6 Å². The van der Waals surface area contributed by atoms with Gasteiger partial charge in [-0.05, 0) is 30.2 Å². The van der Waals surface area contributed by atoms with E-state index in [1.54, 1.807) is 7.11 Å². The maximum atomic E-state index is 6.10. The molecule has 0 aliphatic carbocycles. The van der Waals surface area contributed by atoms with Crippen molar-refractivity contribution in [3.63, 3.8) is 0 Å². The zero-order chi connectivity index (χ0) is 14.0. The lowest BCUT2D eigenvalue weighted by atomic mass is 9.85. The summed E-state index contributed by atoms with van der Waals surface area (Å²) >= 11 is 3.45. The topological polar surface area (TPSA) is 50.9 Å². The molecule has 104 valence electrons. The van der Waals surface area contributed by atoms with Crippen LogP contribution in [0.3, 0.4) is 0 Å². The number of benzene rings is 1. The first-order valence-electron chi connectivity index (χ1n) is 6.36. The van der Waals surface area contributed by atoms with Crippen LogP contribution in [0.4, 0.5) is 5.69 Å². The first kappa shape index (κ1) is 14.3. The number of nitrogens with zero attached hydrogens (tertiary/aromatic N) is 2. The van der Waals surface area contributed by atoms with Crippen molar-refractivity contribution in [1.82, 2.24) is 0 Å². The van der Waals surface area contributed by atoms with Crippen molar-refractivity contribution < 1.29 is 4.74 Å². The highest BCUT2D eigenvalue weighted by Crippen LogP contribution is 2.35. The second kappa shape index (κ2) is 5.51. The summed E-state index contributed by atoms with van der Waals surface area (Å²) in [4.78, 5) is 6.54. The zero-order valence-electron chi connectivity index (χ0n) is 11.6. The number of aliphatic imine (C=N–C) groups is 1. The fourth-order valence-corrected chi connectivity index (χ4v) is 2.80. The molecule has 1 heterocycles. The van der Waals surface area contributed by atoms with Gasteiger partial charge in [0.1, 0.15) is 0 Å². The van der Waals surface area contributed by atoms with Gasteiger partial charge in [0.15, 0.2) is 5.96 Å². The highest BCUT2D eigenvalue weighted by atomic mass is 79.9. The molecule has 1 atom stereocenters. The molecule has 1 aromatic carbocycles. The minimum Gasteiger partial charge on any atom is -0.382 e. The van der Waals surface area contributed by atoms with E-state index in [4.69, 9.17) is 10.5 Å². The average molecular weight is 326 g/mol. The van der Waals surface area contributed by atoms with E-state index < -0.39 is 0 Å². The molecule has 1 aliphatic rings. The van der Waals surface area contributed by atoms with E-state index in [2.05, 4.69) is 39.7 Å². The molecule has 0 saturated carbocycles. The van der Waals surface area contributed by atoms with Gasteiger partial charge in [-0.2, -0.15) is 0 Å². The SMILES string of the molecule is COCC1(C(C)C)CN=C(N)N1c1ccc(Br)cc1. The Bertz CT molecular complexity index is 472. The molecule has 2 rings (SSSR count). The molecular weight excluding hydrogens is 306 g/mol. The van der Waals surface area contributed by atoms with Crippen molar-refractivity contribution in [1.29, 1.82) is 0 Å². The van der Waals surface area contributed by atoms with Crippen LogP contribution in [0.25, 0.3) is 0 Å². The molecule has 1 unspecified atom stereocenters. The van der Waals surface area contributed by atoms with Crippen LogP contribution >= 0.6 is 15.9 Å². The van der Waals surface area contributed by atoms with Crippen LogP contribution in [-0.4, -0.2) is 31.8 Å². The van der Waals surface area contributed by atoms with Gasteiger partial charge in [-0.25, -0.2) is 0 Å². The van der Waals surface area contributed by atoms with E-state index in [1.807, 2.05) is 24.3 Å². The third-order valence-corrected chi connectivity index (χ3v) is 4.27. The van der Waals surface area contributed by atoms with Crippen LogP contribution in [0, 0.1) is 5.92 Å². The smallest absolute Gasteiger partial charge is 0.196 e. The summed E-state index contributed by atoms with van der Waals surface area (Å²) in [5.41, 5.74) is 6.95. The first-order chi connectivity index (χ1) is 9.01. The standard InChI is InChI=1S/C14H20BrN3O/c1-10(2)14(9-19-3)8-17-13(16)18(14)12-6-4-11(15)5-7-12/h4-7,10H,8-9H2,1-3H3,(H2,16,17). The van der Waals surface area contributed by atoms with Crippen molar-refractivity contribution >= 4 is 27.6 Å². The number of hydrogen-bond donors (Lipinski definition) is 1. The highest BCUT2D eigenvalue weighted by molar-refractivity contribution is 9.10. The number of halogens is 1. The third-order valence-electron chi connectivity index (χ3n) is 3.74. The predicted molar refractivity (Wildman–Crippen MR) is 82.6 cm³/mol. The normalized spacial score (nSPS) is 23.0. The molecule has 2 N–H and O–H groups in total. The molecule has 0 saturated heterocycles. The second-order valence-electron chi connectivity index (χ2n) is 5.18. The van der Waals surface area contributed by atoms with E-state index in [9.17, 15) is 0 Å². The van der Waals surface area contributed by atoms with Crippen molar-refractivity contribution in [3.8, 4) is 0 Å². The lowest BCUT2D eigenvalue weighted by molar-refractivity contribution is 0.115. The molecule has 0 radical (unpaired) electrons. The fourth-order valence-electron chi connectivity index (χ4n) is 2.53. The van der Waals surface area contributed by atoms with Gasteiger partial charge >= 0.3 is 0 Å². The van der Waals surface area contributed by atoms with Crippen LogP contribution in [0.5, 0.6) is 0 Å². The molecule has 0 spiro atoms. The second-order valence-corrected chi connectivity index (χ2v) is 6.09. The molecule has 0 aromatic heterocycles. The van der Waals surface area contributed by atoms with Gasteiger partial charge in [0.25, 0.3) is 0 Å². The number of guanidine groups is 1. The summed E-state index contributed by atoms with van der Waals surface area (Å²) in [5.74, 6) is 0.939. The monoisotopic (exact) mass is 325 g/mol. The van der Waals surface area contributed by atoms with Gasteiger partial charge in [-0.1, -0.05) is 29.8 Å². The Morgan fingerprint density at radius 3 is 2.58 bits per heavy atom. The van der Waals surface area contributed by atoms with E-state index in [0.717, 1.165) is 10.2 Å². The average Bonchev–Trinajstić information content (AvgIpc) is 2.70. The Kier molecular flexibility index (Phi) is 4.16. The Balaban J connectivity index is 2.43. The van der Waals surface area contributed by atoms with Gasteiger partial charge in [-0.3, -0.25) is 4.99 Å². The minimum absolute atomic E-state index is 0.202. The molecule has 0 amide bonds. The van der Waals surface area contributed by atoms with E-state index in [0.29, 0.717) is 25.0 Å². The number of rotatable bonds is 4. The summed E-state index contributed by atoms with van der Waals surface area (Å²) in [6.45, 7) is 5.63. The minimum atomic E-state index is -0.202. The van der Waals surface area contributed by atoms with Crippen LogP contribution in [0.15, 0.2) is 33.7 Å². The van der Waals surface area contributed by atoms with Crippen LogP contribution in [0.1, 0.15) is 13.8 Å². The molecule has 1 aliphatic heterocycles. The molecule has 5 heteroatoms. The van der Waals surface area contributed by atoms with Gasteiger partial charge in [-0.15, -0.1) is 0 Å². The number of anilines is 1. The predicted octanol–water partition coefficient (Wildman–Crippen LogP) is 2.63. The summed E-state index contributed by atoms with van der Waals surface area (Å²) in [5, 5.41) is 0. The van der Waals surface area contributed by atoms with E-state index in [1.165, 1.54) is 0 Å². The number of methoxy groups -OCH3 is 1. The summed E-state index contributed by atoms with van der Waals surface area (Å²) in [6, 6.07) is 8.12. The highest BCUT2D eigenvalue weighted by Gasteiger charge is 2.45. The Morgan fingerprint density at radius 1 is 1.42 bits per heavy atom. The maximum absolute atomic E-state index is 6.10. The third kappa shape index (κ3) is 2.49.